The number of carbonyl (C=O) groups is 1. The Labute approximate surface area is 186 Å². The number of carboxylic acid groups (broad SMARTS) is 1. The molecule has 0 saturated heterocycles. The van der Waals surface area contributed by atoms with Gasteiger partial charge in [0.05, 0.1) is 14.2 Å². The molecule has 3 aromatic carbocycles. The molecule has 1 heterocycles. The van der Waals surface area contributed by atoms with E-state index in [0.717, 1.165) is 28.9 Å². The van der Waals surface area contributed by atoms with Crippen molar-refractivity contribution in [1.29, 1.82) is 0 Å². The lowest BCUT2D eigenvalue weighted by Crippen LogP contribution is -2.20. The summed E-state index contributed by atoms with van der Waals surface area (Å²) in [6.45, 7) is 0. The van der Waals surface area contributed by atoms with Crippen LogP contribution in [0.4, 0.5) is 0 Å². The van der Waals surface area contributed by atoms with Gasteiger partial charge in [0.15, 0.2) is 0 Å². The van der Waals surface area contributed by atoms with Crippen LogP contribution in [-0.4, -0.2) is 31.0 Å². The molecule has 158 valence electrons. The summed E-state index contributed by atoms with van der Waals surface area (Å²) in [4.78, 5) is 12.1. The highest BCUT2D eigenvalue weighted by Crippen LogP contribution is 2.49. The van der Waals surface area contributed by atoms with E-state index < -0.39 is 5.97 Å². The summed E-state index contributed by atoms with van der Waals surface area (Å²) in [5.41, 5.74) is 4.63. The second-order valence-electron chi connectivity index (χ2n) is 7.41. The lowest BCUT2D eigenvalue weighted by molar-refractivity contribution is -0.131. The standard InChI is InChI=1S/C26H24O4S/c1-29-20-10-8-18(9-11-20)23-16-31-24-15-21(30-2)12-13-22(24)26(23)19-6-3-17(4-7-19)5-14-25(27)28/h3-15,23,26H,16H2,1-2H3,(H,27,28). The summed E-state index contributed by atoms with van der Waals surface area (Å²) in [5.74, 6) is 2.21. The molecule has 0 radical (unpaired) electrons. The van der Waals surface area contributed by atoms with Crippen LogP contribution in [0.5, 0.6) is 11.5 Å². The second kappa shape index (κ2) is 9.31. The van der Waals surface area contributed by atoms with Crippen LogP contribution in [0.15, 0.2) is 77.7 Å². The molecule has 4 nitrogen and oxygen atoms in total. The van der Waals surface area contributed by atoms with Gasteiger partial charge >= 0.3 is 5.97 Å². The number of thioether (sulfide) groups is 1. The first-order chi connectivity index (χ1) is 15.1. The summed E-state index contributed by atoms with van der Waals surface area (Å²) >= 11 is 1.86. The van der Waals surface area contributed by atoms with Crippen molar-refractivity contribution < 1.29 is 19.4 Å². The Bertz CT molecular complexity index is 1090. The lowest BCUT2D eigenvalue weighted by atomic mass is 9.77. The van der Waals surface area contributed by atoms with E-state index in [1.165, 1.54) is 21.6 Å². The Balaban J connectivity index is 1.75. The van der Waals surface area contributed by atoms with Crippen LogP contribution >= 0.6 is 11.8 Å². The van der Waals surface area contributed by atoms with Gasteiger partial charge in [0.25, 0.3) is 0 Å². The highest BCUT2D eigenvalue weighted by atomic mass is 32.2. The van der Waals surface area contributed by atoms with Crippen LogP contribution in [0.2, 0.25) is 0 Å². The summed E-state index contributed by atoms with van der Waals surface area (Å²) in [5, 5.41) is 8.88. The number of hydrogen-bond acceptors (Lipinski definition) is 4. The Kier molecular flexibility index (Phi) is 6.33. The largest absolute Gasteiger partial charge is 0.497 e. The average Bonchev–Trinajstić information content (AvgIpc) is 2.82. The molecule has 5 heteroatoms. The van der Waals surface area contributed by atoms with Crippen LogP contribution in [0.1, 0.15) is 34.1 Å². The molecule has 0 aliphatic carbocycles. The molecule has 1 N–H and O–H groups in total. The molecule has 0 aromatic heterocycles. The fourth-order valence-corrected chi connectivity index (χ4v) is 5.35. The van der Waals surface area contributed by atoms with E-state index in [1.807, 2.05) is 42.1 Å². The van der Waals surface area contributed by atoms with Gasteiger partial charge in [-0.2, -0.15) is 0 Å². The normalized spacial score (nSPS) is 17.9. The maximum atomic E-state index is 10.8. The molecule has 3 aromatic rings. The van der Waals surface area contributed by atoms with Gasteiger partial charge in [0, 0.05) is 28.6 Å². The SMILES string of the molecule is COc1ccc(C2CSc3cc(OC)ccc3C2c2ccc(C=CC(=O)O)cc2)cc1. The molecule has 0 spiro atoms. The van der Waals surface area contributed by atoms with Gasteiger partial charge in [-0.25, -0.2) is 4.79 Å². The van der Waals surface area contributed by atoms with Crippen molar-refractivity contribution in [1.82, 2.24) is 0 Å². The monoisotopic (exact) mass is 432 g/mol. The molecule has 1 aliphatic rings. The number of aliphatic carboxylic acids is 1. The Morgan fingerprint density at radius 3 is 2.23 bits per heavy atom. The number of carboxylic acids is 1. The topological polar surface area (TPSA) is 55.8 Å². The first-order valence-corrected chi connectivity index (χ1v) is 11.0. The van der Waals surface area contributed by atoms with Crippen molar-refractivity contribution >= 4 is 23.8 Å². The summed E-state index contributed by atoms with van der Waals surface area (Å²) in [7, 11) is 3.37. The van der Waals surface area contributed by atoms with Crippen LogP contribution in [0.3, 0.4) is 0 Å². The van der Waals surface area contributed by atoms with Crippen molar-refractivity contribution in [2.24, 2.45) is 0 Å². The predicted molar refractivity (Wildman–Crippen MR) is 124 cm³/mol. The van der Waals surface area contributed by atoms with Gasteiger partial charge in [-0.1, -0.05) is 42.5 Å². The maximum absolute atomic E-state index is 10.8. The van der Waals surface area contributed by atoms with Crippen LogP contribution < -0.4 is 9.47 Å². The molecule has 0 bridgehead atoms. The van der Waals surface area contributed by atoms with E-state index >= 15 is 0 Å². The number of benzene rings is 3. The smallest absolute Gasteiger partial charge is 0.328 e. The molecular weight excluding hydrogens is 408 g/mol. The minimum atomic E-state index is -0.948. The molecule has 0 saturated carbocycles. The van der Waals surface area contributed by atoms with E-state index in [4.69, 9.17) is 14.6 Å². The zero-order valence-electron chi connectivity index (χ0n) is 17.4. The third-order valence-electron chi connectivity index (χ3n) is 5.63. The molecular formula is C26H24O4S. The summed E-state index contributed by atoms with van der Waals surface area (Å²) in [6.07, 6.45) is 2.77. The van der Waals surface area contributed by atoms with Crippen LogP contribution in [0, 0.1) is 0 Å². The first-order valence-electron chi connectivity index (χ1n) is 10.0. The minimum Gasteiger partial charge on any atom is -0.497 e. The van der Waals surface area contributed by atoms with Crippen molar-refractivity contribution in [3.05, 3.63) is 95.1 Å². The van der Waals surface area contributed by atoms with Crippen molar-refractivity contribution in [3.63, 3.8) is 0 Å². The van der Waals surface area contributed by atoms with Gasteiger partial charge in [0.1, 0.15) is 11.5 Å². The van der Waals surface area contributed by atoms with E-state index in [2.05, 4.69) is 36.4 Å². The van der Waals surface area contributed by atoms with E-state index in [0.29, 0.717) is 5.92 Å². The average molecular weight is 433 g/mol. The summed E-state index contributed by atoms with van der Waals surface area (Å²) < 4.78 is 10.8. The van der Waals surface area contributed by atoms with Gasteiger partial charge < -0.3 is 14.6 Å². The number of rotatable bonds is 6. The van der Waals surface area contributed by atoms with Gasteiger partial charge in [-0.05, 0) is 52.6 Å². The van der Waals surface area contributed by atoms with Crippen LogP contribution in [0.25, 0.3) is 6.08 Å². The van der Waals surface area contributed by atoms with Gasteiger partial charge in [0.2, 0.25) is 0 Å². The predicted octanol–water partition coefficient (Wildman–Crippen LogP) is 5.82. The number of ether oxygens (including phenoxy) is 2. The molecule has 0 amide bonds. The Hall–Kier alpha value is -3.18. The van der Waals surface area contributed by atoms with E-state index in [9.17, 15) is 4.79 Å². The van der Waals surface area contributed by atoms with E-state index in [-0.39, 0.29) is 5.92 Å². The fourth-order valence-electron chi connectivity index (χ4n) is 4.05. The highest BCUT2D eigenvalue weighted by Gasteiger charge is 2.32. The van der Waals surface area contributed by atoms with Crippen molar-refractivity contribution in [2.45, 2.75) is 16.7 Å². The van der Waals surface area contributed by atoms with Crippen molar-refractivity contribution in [3.8, 4) is 11.5 Å². The van der Waals surface area contributed by atoms with Gasteiger partial charge in [-0.15, -0.1) is 11.8 Å². The molecule has 1 aliphatic heterocycles. The third-order valence-corrected chi connectivity index (χ3v) is 6.82. The second-order valence-corrected chi connectivity index (χ2v) is 8.47. The zero-order valence-corrected chi connectivity index (χ0v) is 18.3. The van der Waals surface area contributed by atoms with Crippen molar-refractivity contribution in [2.75, 3.05) is 20.0 Å². The van der Waals surface area contributed by atoms with E-state index in [1.54, 1.807) is 20.3 Å². The Morgan fingerprint density at radius 1 is 0.935 bits per heavy atom. The molecule has 0 fully saturated rings. The zero-order chi connectivity index (χ0) is 21.8. The fraction of sp³-hybridized carbons (Fsp3) is 0.192. The molecule has 4 rings (SSSR count). The minimum absolute atomic E-state index is 0.188. The highest BCUT2D eigenvalue weighted by molar-refractivity contribution is 7.99. The molecule has 2 unspecified atom stereocenters. The summed E-state index contributed by atoms with van der Waals surface area (Å²) in [6, 6.07) is 22.8. The maximum Gasteiger partial charge on any atom is 0.328 e. The third kappa shape index (κ3) is 4.62. The quantitative estimate of drug-likeness (QED) is 0.497. The number of hydrogen-bond donors (Lipinski definition) is 1. The number of fused-ring (bicyclic) bond motifs is 1. The first kappa shape index (κ1) is 21.1. The molecule has 31 heavy (non-hydrogen) atoms. The van der Waals surface area contributed by atoms with Crippen LogP contribution in [-0.2, 0) is 4.79 Å². The Morgan fingerprint density at radius 2 is 1.58 bits per heavy atom. The molecule has 2 atom stereocenters. The number of methoxy groups -OCH3 is 2. The van der Waals surface area contributed by atoms with Gasteiger partial charge in [-0.3, -0.25) is 0 Å². The lowest BCUT2D eigenvalue weighted by Gasteiger charge is -2.34.